The normalized spacial score (nSPS) is 19.7. The van der Waals surface area contributed by atoms with Crippen molar-refractivity contribution in [3.05, 3.63) is 0 Å². The van der Waals surface area contributed by atoms with E-state index in [1.807, 2.05) is 0 Å². The van der Waals surface area contributed by atoms with Gasteiger partial charge in [0.1, 0.15) is 0 Å². The van der Waals surface area contributed by atoms with Crippen LogP contribution in [0.1, 0.15) is 25.7 Å². The van der Waals surface area contributed by atoms with E-state index in [0.29, 0.717) is 25.5 Å². The van der Waals surface area contributed by atoms with Gasteiger partial charge in [0.15, 0.2) is 0 Å². The number of methoxy groups -OCH3 is 2. The lowest BCUT2D eigenvalue weighted by molar-refractivity contribution is -0.154. The third kappa shape index (κ3) is 3.18. The molecular formula is C11H21NO3. The molecule has 1 aliphatic rings. The van der Waals surface area contributed by atoms with E-state index in [-0.39, 0.29) is 5.97 Å². The molecule has 0 aromatic heterocycles. The van der Waals surface area contributed by atoms with Gasteiger partial charge in [-0.1, -0.05) is 12.8 Å². The van der Waals surface area contributed by atoms with Crippen molar-refractivity contribution in [1.29, 1.82) is 0 Å². The molecule has 0 amide bonds. The predicted octanol–water partition coefficient (Wildman–Crippen LogP) is 0.941. The first-order chi connectivity index (χ1) is 7.18. The molecule has 1 atom stereocenters. The van der Waals surface area contributed by atoms with E-state index >= 15 is 0 Å². The summed E-state index contributed by atoms with van der Waals surface area (Å²) < 4.78 is 9.89. The molecule has 0 radical (unpaired) electrons. The minimum absolute atomic E-state index is 0.186. The Labute approximate surface area is 91.1 Å². The number of rotatable bonds is 7. The van der Waals surface area contributed by atoms with E-state index in [1.165, 1.54) is 20.0 Å². The van der Waals surface area contributed by atoms with Crippen molar-refractivity contribution in [2.45, 2.75) is 25.7 Å². The van der Waals surface area contributed by atoms with Crippen molar-refractivity contribution >= 4 is 5.97 Å². The summed E-state index contributed by atoms with van der Waals surface area (Å²) in [5.41, 5.74) is 5.22. The Morgan fingerprint density at radius 1 is 1.47 bits per heavy atom. The molecule has 0 bridgehead atoms. The van der Waals surface area contributed by atoms with E-state index in [1.54, 1.807) is 7.11 Å². The van der Waals surface area contributed by atoms with E-state index < -0.39 is 5.41 Å². The number of nitrogens with two attached hydrogens (primary N) is 1. The van der Waals surface area contributed by atoms with Crippen LogP contribution in [0.25, 0.3) is 0 Å². The molecule has 1 rings (SSSR count). The summed E-state index contributed by atoms with van der Waals surface area (Å²) in [6, 6.07) is 0. The highest BCUT2D eigenvalue weighted by Crippen LogP contribution is 2.42. The average Bonchev–Trinajstić information content (AvgIpc) is 3.07. The maximum Gasteiger partial charge on any atom is 0.313 e. The van der Waals surface area contributed by atoms with Crippen LogP contribution in [0.5, 0.6) is 0 Å². The number of ether oxygens (including phenoxy) is 2. The monoisotopic (exact) mass is 215 g/mol. The van der Waals surface area contributed by atoms with Crippen molar-refractivity contribution in [3.63, 3.8) is 0 Å². The van der Waals surface area contributed by atoms with Gasteiger partial charge in [0.2, 0.25) is 0 Å². The fraction of sp³-hybridized carbons (Fsp3) is 0.909. The molecule has 0 heterocycles. The highest BCUT2D eigenvalue weighted by atomic mass is 16.5. The number of carbonyl (C=O) groups excluding carboxylic acids is 1. The zero-order valence-electron chi connectivity index (χ0n) is 9.62. The van der Waals surface area contributed by atoms with Crippen LogP contribution < -0.4 is 5.73 Å². The first kappa shape index (κ1) is 12.5. The minimum Gasteiger partial charge on any atom is -0.469 e. The zero-order chi connectivity index (χ0) is 11.3. The van der Waals surface area contributed by atoms with Crippen molar-refractivity contribution in [2.24, 2.45) is 17.1 Å². The summed E-state index contributed by atoms with van der Waals surface area (Å²) in [5, 5.41) is 0. The van der Waals surface area contributed by atoms with Crippen LogP contribution in [-0.4, -0.2) is 33.3 Å². The Morgan fingerprint density at radius 2 is 2.13 bits per heavy atom. The Bertz CT molecular complexity index is 216. The second kappa shape index (κ2) is 5.47. The van der Waals surface area contributed by atoms with Gasteiger partial charge in [0.05, 0.1) is 12.5 Å². The van der Waals surface area contributed by atoms with Crippen molar-refractivity contribution < 1.29 is 14.3 Å². The topological polar surface area (TPSA) is 61.5 Å². The average molecular weight is 215 g/mol. The molecule has 0 aromatic rings. The lowest BCUT2D eigenvalue weighted by atomic mass is 9.79. The molecule has 0 saturated heterocycles. The Morgan fingerprint density at radius 3 is 2.53 bits per heavy atom. The second-order valence-corrected chi connectivity index (χ2v) is 4.37. The number of esters is 1. The zero-order valence-corrected chi connectivity index (χ0v) is 9.62. The predicted molar refractivity (Wildman–Crippen MR) is 57.3 cm³/mol. The summed E-state index contributed by atoms with van der Waals surface area (Å²) in [5.74, 6) is 0.471. The molecule has 1 saturated carbocycles. The van der Waals surface area contributed by atoms with Gasteiger partial charge in [0, 0.05) is 20.3 Å². The maximum atomic E-state index is 11.8. The molecule has 2 N–H and O–H groups in total. The fourth-order valence-electron chi connectivity index (χ4n) is 1.94. The van der Waals surface area contributed by atoms with Gasteiger partial charge in [-0.05, 0) is 18.8 Å². The summed E-state index contributed by atoms with van der Waals surface area (Å²) in [7, 11) is 3.06. The third-order valence-electron chi connectivity index (χ3n) is 3.17. The van der Waals surface area contributed by atoms with Gasteiger partial charge in [-0.15, -0.1) is 0 Å². The highest BCUT2D eigenvalue weighted by molar-refractivity contribution is 5.77. The molecule has 4 nitrogen and oxygen atoms in total. The summed E-state index contributed by atoms with van der Waals surface area (Å²) in [6.07, 6.45) is 3.93. The van der Waals surface area contributed by atoms with Crippen LogP contribution in [-0.2, 0) is 14.3 Å². The Hall–Kier alpha value is -0.610. The lowest BCUT2D eigenvalue weighted by Crippen LogP contribution is -2.41. The molecule has 1 fully saturated rings. The number of carbonyl (C=O) groups is 1. The Balaban J connectivity index is 2.63. The quantitative estimate of drug-likeness (QED) is 0.642. The van der Waals surface area contributed by atoms with Gasteiger partial charge in [-0.3, -0.25) is 4.79 Å². The number of hydrogen-bond acceptors (Lipinski definition) is 4. The van der Waals surface area contributed by atoms with E-state index in [4.69, 9.17) is 15.2 Å². The van der Waals surface area contributed by atoms with Crippen molar-refractivity contribution in [3.8, 4) is 0 Å². The van der Waals surface area contributed by atoms with Crippen LogP contribution in [0.2, 0.25) is 0 Å². The van der Waals surface area contributed by atoms with Crippen molar-refractivity contribution in [2.75, 3.05) is 27.4 Å². The standard InChI is InChI=1S/C11H21NO3/c1-14-6-5-11(8-12,10(13)15-2)7-9-3-4-9/h9H,3-8,12H2,1-2H3. The molecule has 1 aliphatic carbocycles. The van der Waals surface area contributed by atoms with Crippen LogP contribution in [0.15, 0.2) is 0 Å². The van der Waals surface area contributed by atoms with Gasteiger partial charge in [-0.25, -0.2) is 0 Å². The molecule has 88 valence electrons. The SMILES string of the molecule is COCCC(CN)(CC1CC1)C(=O)OC. The molecule has 0 aromatic carbocycles. The summed E-state index contributed by atoms with van der Waals surface area (Å²) in [6.45, 7) is 0.901. The van der Waals surface area contributed by atoms with Gasteiger partial charge >= 0.3 is 5.97 Å². The maximum absolute atomic E-state index is 11.8. The van der Waals surface area contributed by atoms with Crippen LogP contribution in [0.4, 0.5) is 0 Å². The van der Waals surface area contributed by atoms with Crippen LogP contribution >= 0.6 is 0 Å². The highest BCUT2D eigenvalue weighted by Gasteiger charge is 2.42. The summed E-state index contributed by atoms with van der Waals surface area (Å²) in [4.78, 5) is 11.8. The molecular weight excluding hydrogens is 194 g/mol. The van der Waals surface area contributed by atoms with Gasteiger partial charge in [-0.2, -0.15) is 0 Å². The summed E-state index contributed by atoms with van der Waals surface area (Å²) >= 11 is 0. The van der Waals surface area contributed by atoms with Gasteiger partial charge in [0.25, 0.3) is 0 Å². The second-order valence-electron chi connectivity index (χ2n) is 4.37. The van der Waals surface area contributed by atoms with E-state index in [0.717, 1.165) is 6.42 Å². The first-order valence-electron chi connectivity index (χ1n) is 5.46. The minimum atomic E-state index is -0.522. The smallest absolute Gasteiger partial charge is 0.313 e. The first-order valence-corrected chi connectivity index (χ1v) is 5.46. The third-order valence-corrected chi connectivity index (χ3v) is 3.17. The van der Waals surface area contributed by atoms with Crippen molar-refractivity contribution in [1.82, 2.24) is 0 Å². The lowest BCUT2D eigenvalue weighted by Gasteiger charge is -2.29. The van der Waals surface area contributed by atoms with Crippen LogP contribution in [0.3, 0.4) is 0 Å². The fourth-order valence-corrected chi connectivity index (χ4v) is 1.94. The molecule has 0 spiro atoms. The Kier molecular flexibility index (Phi) is 4.54. The van der Waals surface area contributed by atoms with Gasteiger partial charge < -0.3 is 15.2 Å². The largest absolute Gasteiger partial charge is 0.469 e. The molecule has 0 aliphatic heterocycles. The molecule has 15 heavy (non-hydrogen) atoms. The molecule has 1 unspecified atom stereocenters. The molecule has 4 heteroatoms. The van der Waals surface area contributed by atoms with E-state index in [9.17, 15) is 4.79 Å². The van der Waals surface area contributed by atoms with E-state index in [2.05, 4.69) is 0 Å². The number of hydrogen-bond donors (Lipinski definition) is 1. The van der Waals surface area contributed by atoms with Crippen LogP contribution in [0, 0.1) is 11.3 Å².